The van der Waals surface area contributed by atoms with Crippen molar-refractivity contribution in [1.29, 1.82) is 0 Å². The van der Waals surface area contributed by atoms with Crippen LogP contribution >= 0.6 is 11.3 Å². The van der Waals surface area contributed by atoms with Crippen LogP contribution in [0.1, 0.15) is 28.5 Å². The van der Waals surface area contributed by atoms with Crippen LogP contribution in [0.5, 0.6) is 0 Å². The van der Waals surface area contributed by atoms with Crippen LogP contribution in [0.4, 0.5) is 10.8 Å². The van der Waals surface area contributed by atoms with Gasteiger partial charge in [0.1, 0.15) is 0 Å². The number of fused-ring (bicyclic) bond motifs is 1. The maximum atomic E-state index is 12.4. The van der Waals surface area contributed by atoms with Crippen LogP contribution < -0.4 is 15.4 Å². The fourth-order valence-corrected chi connectivity index (χ4v) is 5.01. The number of anilines is 2. The van der Waals surface area contributed by atoms with Crippen molar-refractivity contribution in [3.63, 3.8) is 0 Å². The number of primary amides is 1. The number of carbonyl (C=O) groups excluding carboxylic acids is 2. The van der Waals surface area contributed by atoms with E-state index in [1.165, 1.54) is 21.9 Å². The van der Waals surface area contributed by atoms with Gasteiger partial charge in [0.25, 0.3) is 5.91 Å². The fraction of sp³-hybridized carbons (Fsp3) is 0.312. The minimum atomic E-state index is -3.37. The molecule has 1 aromatic carbocycles. The number of thiazole rings is 1. The summed E-state index contributed by atoms with van der Waals surface area (Å²) in [5.74, 6) is -0.838. The number of hydrogen-bond acceptors (Lipinski definition) is 6. The molecule has 0 saturated heterocycles. The van der Waals surface area contributed by atoms with Crippen LogP contribution in [0, 0.1) is 0 Å². The molecule has 138 valence electrons. The standard InChI is InChI=1S/C16H18N4O4S2/c1-9-5-11-6-10(3-4-13(11)20(9)26(2,23)24)15(22)19-16-18-12(8-25-16)7-14(17)21/h3-4,6,8-9H,5,7H2,1-2H3,(H2,17,21)(H,18,19,22). The van der Waals surface area contributed by atoms with Crippen molar-refractivity contribution >= 4 is 44.0 Å². The number of nitrogens with zero attached hydrogens (tertiary/aromatic N) is 2. The molecule has 0 bridgehead atoms. The summed E-state index contributed by atoms with van der Waals surface area (Å²) in [6, 6.07) is 4.75. The SMILES string of the molecule is CC1Cc2cc(C(=O)Nc3nc(CC(N)=O)cs3)ccc2N1S(C)(=O)=O. The molecule has 0 fully saturated rings. The van der Waals surface area contributed by atoms with Crippen LogP contribution in [0.3, 0.4) is 0 Å². The highest BCUT2D eigenvalue weighted by molar-refractivity contribution is 7.92. The average molecular weight is 394 g/mol. The minimum Gasteiger partial charge on any atom is -0.369 e. The molecule has 1 unspecified atom stereocenters. The molecule has 3 rings (SSSR count). The van der Waals surface area contributed by atoms with Gasteiger partial charge in [-0.2, -0.15) is 0 Å². The largest absolute Gasteiger partial charge is 0.369 e. The molecule has 1 aliphatic heterocycles. The third kappa shape index (κ3) is 3.70. The summed E-state index contributed by atoms with van der Waals surface area (Å²) in [7, 11) is -3.37. The van der Waals surface area contributed by atoms with Gasteiger partial charge in [0.15, 0.2) is 5.13 Å². The Morgan fingerprint density at radius 1 is 1.42 bits per heavy atom. The second kappa shape index (κ2) is 6.69. The predicted octanol–water partition coefficient (Wildman–Crippen LogP) is 1.13. The number of aromatic nitrogens is 1. The van der Waals surface area contributed by atoms with E-state index in [9.17, 15) is 18.0 Å². The zero-order valence-electron chi connectivity index (χ0n) is 14.2. The number of nitrogens with one attached hydrogen (secondary N) is 1. The molecule has 3 N–H and O–H groups in total. The quantitative estimate of drug-likeness (QED) is 0.787. The Balaban J connectivity index is 1.79. The molecular formula is C16H18N4O4S2. The molecule has 0 spiro atoms. The van der Waals surface area contributed by atoms with E-state index in [1.807, 2.05) is 6.92 Å². The Kier molecular flexibility index (Phi) is 4.72. The van der Waals surface area contributed by atoms with Crippen molar-refractivity contribution in [3.05, 3.63) is 40.4 Å². The third-order valence-electron chi connectivity index (χ3n) is 3.98. The van der Waals surface area contributed by atoms with Crippen LogP contribution in [0.15, 0.2) is 23.6 Å². The van der Waals surface area contributed by atoms with Gasteiger partial charge < -0.3 is 5.73 Å². The number of sulfonamides is 1. The van der Waals surface area contributed by atoms with Gasteiger partial charge in [-0.1, -0.05) is 0 Å². The van der Waals surface area contributed by atoms with Gasteiger partial charge in [-0.25, -0.2) is 13.4 Å². The van der Waals surface area contributed by atoms with Gasteiger partial charge in [0.05, 0.1) is 24.1 Å². The molecule has 10 heteroatoms. The molecule has 1 aliphatic rings. The maximum absolute atomic E-state index is 12.4. The van der Waals surface area contributed by atoms with Crippen LogP contribution in [0.25, 0.3) is 0 Å². The Labute approximate surface area is 155 Å². The van der Waals surface area contributed by atoms with Crippen molar-refractivity contribution in [1.82, 2.24) is 4.98 Å². The number of nitrogens with two attached hydrogens (primary N) is 1. The van der Waals surface area contributed by atoms with E-state index in [1.54, 1.807) is 23.6 Å². The monoisotopic (exact) mass is 394 g/mol. The molecule has 26 heavy (non-hydrogen) atoms. The lowest BCUT2D eigenvalue weighted by atomic mass is 10.1. The van der Waals surface area contributed by atoms with E-state index in [0.717, 1.165) is 5.56 Å². The number of hydrogen-bond donors (Lipinski definition) is 2. The highest BCUT2D eigenvalue weighted by Gasteiger charge is 2.32. The molecule has 1 aromatic heterocycles. The molecule has 0 radical (unpaired) electrons. The van der Waals surface area contributed by atoms with E-state index in [-0.39, 0.29) is 18.4 Å². The lowest BCUT2D eigenvalue weighted by Crippen LogP contribution is -2.34. The molecule has 2 amide bonds. The Morgan fingerprint density at radius 2 is 2.15 bits per heavy atom. The lowest BCUT2D eigenvalue weighted by Gasteiger charge is -2.21. The Bertz CT molecular complexity index is 984. The molecule has 1 atom stereocenters. The first-order valence-electron chi connectivity index (χ1n) is 7.81. The maximum Gasteiger partial charge on any atom is 0.257 e. The Morgan fingerprint density at radius 3 is 2.81 bits per heavy atom. The topological polar surface area (TPSA) is 122 Å². The highest BCUT2D eigenvalue weighted by Crippen LogP contribution is 2.34. The van der Waals surface area contributed by atoms with E-state index >= 15 is 0 Å². The normalized spacial score (nSPS) is 16.4. The lowest BCUT2D eigenvalue weighted by molar-refractivity contribution is -0.117. The number of amides is 2. The summed E-state index contributed by atoms with van der Waals surface area (Å²) in [5, 5.41) is 4.71. The van der Waals surface area contributed by atoms with E-state index in [4.69, 9.17) is 5.73 Å². The molecule has 0 aliphatic carbocycles. The summed E-state index contributed by atoms with van der Waals surface area (Å²) >= 11 is 1.21. The summed E-state index contributed by atoms with van der Waals surface area (Å²) in [6.45, 7) is 1.83. The van der Waals surface area contributed by atoms with E-state index in [2.05, 4.69) is 10.3 Å². The number of carbonyl (C=O) groups is 2. The van der Waals surface area contributed by atoms with Crippen LogP contribution in [0.2, 0.25) is 0 Å². The van der Waals surface area contributed by atoms with Crippen molar-refractivity contribution in [2.75, 3.05) is 15.9 Å². The highest BCUT2D eigenvalue weighted by atomic mass is 32.2. The van der Waals surface area contributed by atoms with E-state index < -0.39 is 15.9 Å². The molecular weight excluding hydrogens is 376 g/mol. The average Bonchev–Trinajstić information content (AvgIpc) is 3.07. The fourth-order valence-electron chi connectivity index (χ4n) is 3.04. The predicted molar refractivity (Wildman–Crippen MR) is 99.9 cm³/mol. The third-order valence-corrected chi connectivity index (χ3v) is 6.06. The Hall–Kier alpha value is -2.46. The van der Waals surface area contributed by atoms with Gasteiger partial charge in [-0.05, 0) is 37.1 Å². The first kappa shape index (κ1) is 18.3. The summed E-state index contributed by atoms with van der Waals surface area (Å²) in [6.07, 6.45) is 1.74. The van der Waals surface area contributed by atoms with E-state index in [0.29, 0.717) is 28.5 Å². The molecule has 2 aromatic rings. The smallest absolute Gasteiger partial charge is 0.257 e. The van der Waals surface area contributed by atoms with Crippen LogP contribution in [-0.4, -0.2) is 37.5 Å². The van der Waals surface area contributed by atoms with Gasteiger partial charge in [-0.3, -0.25) is 19.2 Å². The van der Waals surface area contributed by atoms with Crippen molar-refractivity contribution in [3.8, 4) is 0 Å². The second-order valence-corrected chi connectivity index (χ2v) is 8.91. The second-order valence-electron chi connectivity index (χ2n) is 6.20. The van der Waals surface area contributed by atoms with Gasteiger partial charge >= 0.3 is 0 Å². The molecule has 2 heterocycles. The zero-order chi connectivity index (χ0) is 19.1. The number of rotatable bonds is 5. The first-order chi connectivity index (χ1) is 12.1. The van der Waals surface area contributed by atoms with Crippen LogP contribution in [-0.2, 0) is 27.7 Å². The van der Waals surface area contributed by atoms with Crippen molar-refractivity contribution in [2.45, 2.75) is 25.8 Å². The molecule has 8 nitrogen and oxygen atoms in total. The minimum absolute atomic E-state index is 0.0183. The first-order valence-corrected chi connectivity index (χ1v) is 10.5. The van der Waals surface area contributed by atoms with Crippen molar-refractivity contribution < 1.29 is 18.0 Å². The van der Waals surface area contributed by atoms with Gasteiger partial charge in [0.2, 0.25) is 15.9 Å². The molecule has 0 saturated carbocycles. The summed E-state index contributed by atoms with van der Waals surface area (Å²) in [5.41, 5.74) is 7.46. The van der Waals surface area contributed by atoms with Crippen molar-refractivity contribution in [2.24, 2.45) is 5.73 Å². The van der Waals surface area contributed by atoms with Gasteiger partial charge in [0, 0.05) is 17.0 Å². The zero-order valence-corrected chi connectivity index (χ0v) is 15.9. The summed E-state index contributed by atoms with van der Waals surface area (Å²) < 4.78 is 25.3. The number of benzene rings is 1. The van der Waals surface area contributed by atoms with Gasteiger partial charge in [-0.15, -0.1) is 11.3 Å². The summed E-state index contributed by atoms with van der Waals surface area (Å²) in [4.78, 5) is 27.5.